The fourth-order valence-electron chi connectivity index (χ4n) is 1.32. The highest BCUT2D eigenvalue weighted by Crippen LogP contribution is 2.26. The van der Waals surface area contributed by atoms with Gasteiger partial charge in [-0.25, -0.2) is 19.2 Å². The molecule has 0 saturated heterocycles. The van der Waals surface area contributed by atoms with Gasteiger partial charge in [-0.1, -0.05) is 0 Å². The van der Waals surface area contributed by atoms with Gasteiger partial charge >= 0.3 is 5.97 Å². The van der Waals surface area contributed by atoms with Crippen molar-refractivity contribution in [3.8, 4) is 11.5 Å². The van der Waals surface area contributed by atoms with Gasteiger partial charge in [-0.2, -0.15) is 0 Å². The zero-order valence-electron chi connectivity index (χ0n) is 9.31. The standard InChI is InChI=1S/C11H8BrFN2O3/c1-2-17-11(16)10-8(13)9(14-5-15-10)6-3-4-7(12)18-6/h3-5H,2H2,1H3. The van der Waals surface area contributed by atoms with Crippen LogP contribution in [0.2, 0.25) is 0 Å². The van der Waals surface area contributed by atoms with Gasteiger partial charge in [0, 0.05) is 0 Å². The van der Waals surface area contributed by atoms with E-state index < -0.39 is 17.5 Å². The van der Waals surface area contributed by atoms with Crippen LogP contribution < -0.4 is 0 Å². The number of hydrogen-bond donors (Lipinski definition) is 0. The Hall–Kier alpha value is -1.76. The molecular formula is C11H8BrFN2O3. The summed E-state index contributed by atoms with van der Waals surface area (Å²) in [5.41, 5.74) is -0.492. The van der Waals surface area contributed by atoms with E-state index in [1.54, 1.807) is 13.0 Å². The molecule has 2 heterocycles. The van der Waals surface area contributed by atoms with Crippen molar-refractivity contribution < 1.29 is 18.3 Å². The van der Waals surface area contributed by atoms with Crippen LogP contribution in [0.15, 0.2) is 27.5 Å². The molecule has 7 heteroatoms. The van der Waals surface area contributed by atoms with Crippen molar-refractivity contribution in [3.63, 3.8) is 0 Å². The number of rotatable bonds is 3. The molecule has 0 saturated carbocycles. The third-order valence-electron chi connectivity index (χ3n) is 2.06. The first kappa shape index (κ1) is 12.7. The highest BCUT2D eigenvalue weighted by molar-refractivity contribution is 9.10. The molecule has 0 radical (unpaired) electrons. The zero-order valence-corrected chi connectivity index (χ0v) is 10.9. The molecule has 0 aromatic carbocycles. The fourth-order valence-corrected chi connectivity index (χ4v) is 1.63. The lowest BCUT2D eigenvalue weighted by Crippen LogP contribution is -2.11. The third-order valence-corrected chi connectivity index (χ3v) is 2.49. The van der Waals surface area contributed by atoms with Crippen LogP contribution in [0.5, 0.6) is 0 Å². The summed E-state index contributed by atoms with van der Waals surface area (Å²) in [6, 6.07) is 3.13. The SMILES string of the molecule is CCOC(=O)c1ncnc(-c2ccc(Br)o2)c1F. The summed E-state index contributed by atoms with van der Waals surface area (Å²) in [6.07, 6.45) is 1.08. The Labute approximate surface area is 110 Å². The fraction of sp³-hybridized carbons (Fsp3) is 0.182. The molecule has 0 atom stereocenters. The summed E-state index contributed by atoms with van der Waals surface area (Å²) < 4.78 is 24.4. The van der Waals surface area contributed by atoms with E-state index in [2.05, 4.69) is 25.9 Å². The van der Waals surface area contributed by atoms with Gasteiger partial charge in [0.25, 0.3) is 0 Å². The molecule has 0 bridgehead atoms. The number of ether oxygens (including phenoxy) is 1. The number of nitrogens with zero attached hydrogens (tertiary/aromatic N) is 2. The highest BCUT2D eigenvalue weighted by atomic mass is 79.9. The van der Waals surface area contributed by atoms with E-state index in [-0.39, 0.29) is 18.1 Å². The van der Waals surface area contributed by atoms with E-state index in [0.29, 0.717) is 4.67 Å². The van der Waals surface area contributed by atoms with Crippen LogP contribution in [0.3, 0.4) is 0 Å². The zero-order chi connectivity index (χ0) is 13.1. The molecule has 0 aliphatic carbocycles. The molecule has 0 amide bonds. The van der Waals surface area contributed by atoms with Gasteiger partial charge in [0.05, 0.1) is 6.61 Å². The van der Waals surface area contributed by atoms with Gasteiger partial charge in [-0.05, 0) is 35.0 Å². The summed E-state index contributed by atoms with van der Waals surface area (Å²) in [7, 11) is 0. The van der Waals surface area contributed by atoms with E-state index >= 15 is 0 Å². The molecule has 0 aliphatic heterocycles. The summed E-state index contributed by atoms with van der Waals surface area (Å²) in [6.45, 7) is 1.77. The minimum absolute atomic E-state index is 0.0845. The summed E-state index contributed by atoms with van der Waals surface area (Å²) in [4.78, 5) is 18.8. The second kappa shape index (κ2) is 5.26. The van der Waals surface area contributed by atoms with E-state index in [1.807, 2.05) is 0 Å². The number of hydrogen-bond acceptors (Lipinski definition) is 5. The maximum Gasteiger partial charge on any atom is 0.360 e. The van der Waals surface area contributed by atoms with Crippen LogP contribution in [-0.4, -0.2) is 22.5 Å². The Morgan fingerprint density at radius 2 is 2.28 bits per heavy atom. The largest absolute Gasteiger partial charge is 0.461 e. The summed E-state index contributed by atoms with van der Waals surface area (Å²) >= 11 is 3.10. The quantitative estimate of drug-likeness (QED) is 0.815. The van der Waals surface area contributed by atoms with Crippen molar-refractivity contribution in [1.82, 2.24) is 9.97 Å². The molecule has 0 unspecified atom stereocenters. The number of carbonyl (C=O) groups is 1. The molecular weight excluding hydrogens is 307 g/mol. The first-order valence-electron chi connectivity index (χ1n) is 5.06. The van der Waals surface area contributed by atoms with Crippen molar-refractivity contribution >= 4 is 21.9 Å². The smallest absolute Gasteiger partial charge is 0.360 e. The van der Waals surface area contributed by atoms with Crippen molar-refractivity contribution in [1.29, 1.82) is 0 Å². The lowest BCUT2D eigenvalue weighted by atomic mass is 10.2. The van der Waals surface area contributed by atoms with Gasteiger partial charge in [-0.15, -0.1) is 0 Å². The summed E-state index contributed by atoms with van der Waals surface area (Å²) in [5, 5.41) is 0. The predicted molar refractivity (Wildman–Crippen MR) is 63.3 cm³/mol. The highest BCUT2D eigenvalue weighted by Gasteiger charge is 2.21. The van der Waals surface area contributed by atoms with Crippen LogP contribution >= 0.6 is 15.9 Å². The molecule has 94 valence electrons. The molecule has 2 aromatic rings. The van der Waals surface area contributed by atoms with Gasteiger partial charge in [-0.3, -0.25) is 0 Å². The monoisotopic (exact) mass is 314 g/mol. The molecule has 0 spiro atoms. The third kappa shape index (κ3) is 2.40. The Bertz CT molecular complexity index is 585. The van der Waals surface area contributed by atoms with Crippen molar-refractivity contribution in [2.75, 3.05) is 6.61 Å². The number of carbonyl (C=O) groups excluding carboxylic acids is 1. The number of aromatic nitrogens is 2. The van der Waals surface area contributed by atoms with Gasteiger partial charge in [0.15, 0.2) is 21.9 Å². The number of furan rings is 1. The topological polar surface area (TPSA) is 65.2 Å². The maximum atomic E-state index is 14.0. The normalized spacial score (nSPS) is 10.4. The first-order chi connectivity index (χ1) is 8.63. The van der Waals surface area contributed by atoms with Gasteiger partial charge < -0.3 is 9.15 Å². The second-order valence-corrected chi connectivity index (χ2v) is 3.99. The van der Waals surface area contributed by atoms with Crippen molar-refractivity contribution in [3.05, 3.63) is 34.6 Å². The summed E-state index contributed by atoms with van der Waals surface area (Å²) in [5.74, 6) is -1.49. The van der Waals surface area contributed by atoms with Gasteiger partial charge in [0.2, 0.25) is 0 Å². The average molecular weight is 315 g/mol. The lowest BCUT2D eigenvalue weighted by Gasteiger charge is -2.04. The number of halogens is 2. The minimum Gasteiger partial charge on any atom is -0.461 e. The Kier molecular flexibility index (Phi) is 3.71. The minimum atomic E-state index is -0.863. The molecule has 2 rings (SSSR count). The van der Waals surface area contributed by atoms with Crippen molar-refractivity contribution in [2.24, 2.45) is 0 Å². The van der Waals surface area contributed by atoms with Crippen LogP contribution in [-0.2, 0) is 4.74 Å². The van der Waals surface area contributed by atoms with Crippen molar-refractivity contribution in [2.45, 2.75) is 6.92 Å². The van der Waals surface area contributed by atoms with Crippen LogP contribution in [0, 0.1) is 5.82 Å². The van der Waals surface area contributed by atoms with Crippen LogP contribution in [0.1, 0.15) is 17.4 Å². The maximum absolute atomic E-state index is 14.0. The Balaban J connectivity index is 2.45. The second-order valence-electron chi connectivity index (χ2n) is 3.21. The van der Waals surface area contributed by atoms with E-state index in [4.69, 9.17) is 9.15 Å². The molecule has 0 aliphatic rings. The first-order valence-corrected chi connectivity index (χ1v) is 5.86. The van der Waals surface area contributed by atoms with E-state index in [0.717, 1.165) is 6.33 Å². The molecule has 0 fully saturated rings. The van der Waals surface area contributed by atoms with E-state index in [1.165, 1.54) is 6.07 Å². The molecule has 2 aromatic heterocycles. The van der Waals surface area contributed by atoms with Crippen LogP contribution in [0.4, 0.5) is 4.39 Å². The Morgan fingerprint density at radius 1 is 1.50 bits per heavy atom. The molecule has 5 nitrogen and oxygen atoms in total. The average Bonchev–Trinajstić information content (AvgIpc) is 2.76. The Morgan fingerprint density at radius 3 is 2.89 bits per heavy atom. The van der Waals surface area contributed by atoms with Crippen LogP contribution in [0.25, 0.3) is 11.5 Å². The van der Waals surface area contributed by atoms with Gasteiger partial charge in [0.1, 0.15) is 12.0 Å². The predicted octanol–water partition coefficient (Wildman–Crippen LogP) is 2.81. The molecule has 18 heavy (non-hydrogen) atoms. The lowest BCUT2D eigenvalue weighted by molar-refractivity contribution is 0.0513. The number of esters is 1. The molecule has 0 N–H and O–H groups in total. The van der Waals surface area contributed by atoms with E-state index in [9.17, 15) is 9.18 Å².